The van der Waals surface area contributed by atoms with E-state index in [-0.39, 0.29) is 27.5 Å². The molecular weight excluding hydrogens is 474 g/mol. The fourth-order valence-corrected chi connectivity index (χ4v) is 5.28. The number of benzene rings is 1. The highest BCUT2D eigenvalue weighted by Gasteiger charge is 2.31. The van der Waals surface area contributed by atoms with Crippen molar-refractivity contribution in [1.29, 1.82) is 5.26 Å². The van der Waals surface area contributed by atoms with Gasteiger partial charge >= 0.3 is 12.1 Å². The third-order valence-electron chi connectivity index (χ3n) is 5.43. The number of aromatic nitrogens is 1. The van der Waals surface area contributed by atoms with Gasteiger partial charge in [0.1, 0.15) is 16.6 Å². The van der Waals surface area contributed by atoms with Crippen molar-refractivity contribution < 1.29 is 27.5 Å². The molecule has 1 aromatic carbocycles. The van der Waals surface area contributed by atoms with Gasteiger partial charge in [-0.15, -0.1) is 0 Å². The summed E-state index contributed by atoms with van der Waals surface area (Å²) in [5.74, 6) is -0.807. The summed E-state index contributed by atoms with van der Waals surface area (Å²) in [5, 5.41) is 9.36. The van der Waals surface area contributed by atoms with Crippen LogP contribution in [-0.2, 0) is 19.5 Å². The number of piperidine rings is 1. The number of methoxy groups -OCH3 is 1. The SMILES string of the molecule is COC(=O)c1c(N)c(C#N)cn1-c1ccccc1S(=O)(=O)NC1CCN(C(=O)OC(C)(C)C)CC1. The quantitative estimate of drug-likeness (QED) is 0.589. The van der Waals surface area contributed by atoms with E-state index in [0.717, 1.165) is 0 Å². The number of para-hydroxylation sites is 1. The van der Waals surface area contributed by atoms with Gasteiger partial charge in [0, 0.05) is 25.3 Å². The summed E-state index contributed by atoms with van der Waals surface area (Å²) in [6.07, 6.45) is 1.68. The number of nitrogens with zero attached hydrogens (tertiary/aromatic N) is 3. The third kappa shape index (κ3) is 5.75. The van der Waals surface area contributed by atoms with Gasteiger partial charge in [-0.3, -0.25) is 0 Å². The molecule has 1 aliphatic heterocycles. The molecule has 3 rings (SSSR count). The van der Waals surface area contributed by atoms with Crippen molar-refractivity contribution in [2.75, 3.05) is 25.9 Å². The monoisotopic (exact) mass is 503 g/mol. The van der Waals surface area contributed by atoms with Crippen LogP contribution in [0.3, 0.4) is 0 Å². The van der Waals surface area contributed by atoms with Gasteiger partial charge in [0.2, 0.25) is 10.0 Å². The summed E-state index contributed by atoms with van der Waals surface area (Å²) in [6, 6.07) is 7.56. The molecule has 0 saturated carbocycles. The van der Waals surface area contributed by atoms with Crippen molar-refractivity contribution in [2.24, 2.45) is 0 Å². The highest BCUT2D eigenvalue weighted by atomic mass is 32.2. The van der Waals surface area contributed by atoms with E-state index in [4.69, 9.17) is 15.2 Å². The molecule has 0 spiro atoms. The molecule has 1 amide bonds. The molecular formula is C23H29N5O6S. The minimum absolute atomic E-state index is 0.0140. The molecule has 0 atom stereocenters. The molecule has 12 heteroatoms. The van der Waals surface area contributed by atoms with Crippen molar-refractivity contribution in [1.82, 2.24) is 14.2 Å². The first-order chi connectivity index (χ1) is 16.4. The molecule has 1 aliphatic rings. The Labute approximate surface area is 204 Å². The molecule has 0 aliphatic carbocycles. The first kappa shape index (κ1) is 26.1. The van der Waals surface area contributed by atoms with E-state index in [9.17, 15) is 23.3 Å². The first-order valence-electron chi connectivity index (χ1n) is 11.0. The maximum absolute atomic E-state index is 13.4. The number of nitrogen functional groups attached to an aromatic ring is 1. The van der Waals surface area contributed by atoms with Gasteiger partial charge in [-0.05, 0) is 45.7 Å². The van der Waals surface area contributed by atoms with Gasteiger partial charge in [0.15, 0.2) is 5.69 Å². The highest BCUT2D eigenvalue weighted by molar-refractivity contribution is 7.89. The second-order valence-electron chi connectivity index (χ2n) is 9.11. The van der Waals surface area contributed by atoms with Crippen LogP contribution < -0.4 is 10.5 Å². The number of hydrogen-bond donors (Lipinski definition) is 2. The summed E-state index contributed by atoms with van der Waals surface area (Å²) < 4.78 is 40.8. The number of carbonyl (C=O) groups is 2. The van der Waals surface area contributed by atoms with E-state index in [1.54, 1.807) is 37.8 Å². The molecule has 2 aromatic rings. The third-order valence-corrected chi connectivity index (χ3v) is 6.99. The van der Waals surface area contributed by atoms with Gasteiger partial charge in [0.25, 0.3) is 0 Å². The Morgan fingerprint density at radius 2 is 1.83 bits per heavy atom. The molecule has 2 heterocycles. The van der Waals surface area contributed by atoms with E-state index < -0.39 is 33.7 Å². The number of hydrogen-bond acceptors (Lipinski definition) is 8. The molecule has 0 bridgehead atoms. The smallest absolute Gasteiger partial charge is 0.410 e. The fraction of sp³-hybridized carbons (Fsp3) is 0.435. The maximum atomic E-state index is 13.4. The van der Waals surface area contributed by atoms with Crippen molar-refractivity contribution in [3.05, 3.63) is 41.7 Å². The summed E-state index contributed by atoms with van der Waals surface area (Å²) in [6.45, 7) is 6.04. The van der Waals surface area contributed by atoms with Crippen LogP contribution in [-0.4, -0.2) is 61.8 Å². The minimum atomic E-state index is -4.05. The second kappa shape index (κ2) is 9.97. The van der Waals surface area contributed by atoms with Crippen LogP contribution in [0.15, 0.2) is 35.4 Å². The number of rotatable bonds is 5. The number of nitriles is 1. The molecule has 3 N–H and O–H groups in total. The summed E-state index contributed by atoms with van der Waals surface area (Å²) >= 11 is 0. The van der Waals surface area contributed by atoms with Gasteiger partial charge in [0.05, 0.1) is 24.0 Å². The van der Waals surface area contributed by atoms with Crippen LogP contribution in [0.5, 0.6) is 0 Å². The zero-order valence-corrected chi connectivity index (χ0v) is 20.9. The molecule has 1 saturated heterocycles. The van der Waals surface area contributed by atoms with Crippen LogP contribution in [0, 0.1) is 11.3 Å². The lowest BCUT2D eigenvalue weighted by atomic mass is 10.1. The lowest BCUT2D eigenvalue weighted by Crippen LogP contribution is -2.47. The Balaban J connectivity index is 1.85. The van der Waals surface area contributed by atoms with E-state index in [1.165, 1.54) is 30.0 Å². The van der Waals surface area contributed by atoms with Gasteiger partial charge < -0.3 is 24.7 Å². The van der Waals surface area contributed by atoms with Crippen LogP contribution in [0.1, 0.15) is 49.7 Å². The van der Waals surface area contributed by atoms with Crippen LogP contribution >= 0.6 is 0 Å². The maximum Gasteiger partial charge on any atom is 0.410 e. The van der Waals surface area contributed by atoms with E-state index in [1.807, 2.05) is 6.07 Å². The summed E-state index contributed by atoms with van der Waals surface area (Å²) in [4.78, 5) is 26.1. The Hall–Kier alpha value is -3.56. The zero-order chi connectivity index (χ0) is 26.0. The zero-order valence-electron chi connectivity index (χ0n) is 20.1. The largest absolute Gasteiger partial charge is 0.464 e. The van der Waals surface area contributed by atoms with Gasteiger partial charge in [-0.1, -0.05) is 12.1 Å². The first-order valence-corrected chi connectivity index (χ1v) is 12.4. The predicted octanol–water partition coefficient (Wildman–Crippen LogP) is 2.40. The van der Waals surface area contributed by atoms with Crippen molar-refractivity contribution in [2.45, 2.75) is 50.2 Å². The predicted molar refractivity (Wildman–Crippen MR) is 127 cm³/mol. The van der Waals surface area contributed by atoms with E-state index in [2.05, 4.69) is 4.72 Å². The lowest BCUT2D eigenvalue weighted by molar-refractivity contribution is 0.0203. The number of esters is 1. The second-order valence-corrected chi connectivity index (χ2v) is 10.8. The number of sulfonamides is 1. The van der Waals surface area contributed by atoms with E-state index >= 15 is 0 Å². The van der Waals surface area contributed by atoms with Gasteiger partial charge in [-0.25, -0.2) is 22.7 Å². The normalized spacial score (nSPS) is 14.9. The van der Waals surface area contributed by atoms with Crippen molar-refractivity contribution in [3.63, 3.8) is 0 Å². The Morgan fingerprint density at radius 1 is 1.20 bits per heavy atom. The molecule has 35 heavy (non-hydrogen) atoms. The average molecular weight is 504 g/mol. The molecule has 0 radical (unpaired) electrons. The highest BCUT2D eigenvalue weighted by Crippen LogP contribution is 2.29. The number of nitrogens with one attached hydrogen (secondary N) is 1. The number of nitrogens with two attached hydrogens (primary N) is 1. The Kier molecular flexibility index (Phi) is 7.42. The number of anilines is 1. The fourth-order valence-electron chi connectivity index (χ4n) is 3.78. The summed E-state index contributed by atoms with van der Waals surface area (Å²) in [5.41, 5.74) is 5.25. The number of carbonyl (C=O) groups excluding carboxylic acids is 2. The minimum Gasteiger partial charge on any atom is -0.464 e. The van der Waals surface area contributed by atoms with Gasteiger partial charge in [-0.2, -0.15) is 5.26 Å². The number of ether oxygens (including phenoxy) is 2. The number of likely N-dealkylation sites (tertiary alicyclic amines) is 1. The Bertz CT molecular complexity index is 1260. The number of amides is 1. The standard InChI is InChI=1S/C23H29N5O6S/c1-23(2,3)34-22(30)27-11-9-16(10-12-27)26-35(31,32)18-8-6-5-7-17(18)28-14-15(13-24)19(25)20(28)21(29)33-4/h5-8,14,16,26H,9-12,25H2,1-4H3. The van der Waals surface area contributed by atoms with Crippen LogP contribution in [0.2, 0.25) is 0 Å². The molecule has 188 valence electrons. The van der Waals surface area contributed by atoms with Crippen molar-refractivity contribution >= 4 is 27.8 Å². The average Bonchev–Trinajstić information content (AvgIpc) is 3.13. The molecule has 1 fully saturated rings. The molecule has 1 aromatic heterocycles. The molecule has 0 unspecified atom stereocenters. The topological polar surface area (TPSA) is 157 Å². The van der Waals surface area contributed by atoms with Crippen LogP contribution in [0.25, 0.3) is 5.69 Å². The summed E-state index contributed by atoms with van der Waals surface area (Å²) in [7, 11) is -2.88. The molecule has 11 nitrogen and oxygen atoms in total. The van der Waals surface area contributed by atoms with E-state index in [0.29, 0.717) is 25.9 Å². The Morgan fingerprint density at radius 3 is 2.40 bits per heavy atom. The van der Waals surface area contributed by atoms with Crippen molar-refractivity contribution in [3.8, 4) is 11.8 Å². The lowest BCUT2D eigenvalue weighted by Gasteiger charge is -2.33. The van der Waals surface area contributed by atoms with Crippen LogP contribution in [0.4, 0.5) is 10.5 Å².